The Hall–Kier alpha value is -2.02. The van der Waals surface area contributed by atoms with Crippen molar-refractivity contribution in [3.8, 4) is 11.8 Å². The minimum atomic E-state index is -0.203. The van der Waals surface area contributed by atoms with Crippen LogP contribution >= 0.6 is 0 Å². The normalized spacial score (nSPS) is 11.6. The molecule has 1 unspecified atom stereocenters. The standard InChI is InChI=1S/C12H14N2O2/c1-9(7-13)8-14(2)12(16)10-4-3-5-11(15)6-10/h3-6,9,15H,8H2,1-2H3. The van der Waals surface area contributed by atoms with Gasteiger partial charge < -0.3 is 10.0 Å². The second kappa shape index (κ2) is 5.17. The lowest BCUT2D eigenvalue weighted by Gasteiger charge is -2.18. The number of carbonyl (C=O) groups is 1. The number of carbonyl (C=O) groups excluding carboxylic acids is 1. The average Bonchev–Trinajstić information content (AvgIpc) is 2.27. The molecule has 1 atom stereocenters. The van der Waals surface area contributed by atoms with Crippen LogP contribution in [0.5, 0.6) is 5.75 Å². The number of hydrogen-bond donors (Lipinski definition) is 1. The predicted octanol–water partition coefficient (Wildman–Crippen LogP) is 1.62. The molecule has 0 radical (unpaired) electrons. The average molecular weight is 218 g/mol. The van der Waals surface area contributed by atoms with Gasteiger partial charge in [0.15, 0.2) is 0 Å². The molecule has 0 saturated carbocycles. The molecule has 4 heteroatoms. The van der Waals surface area contributed by atoms with E-state index in [1.807, 2.05) is 0 Å². The molecule has 1 amide bonds. The lowest BCUT2D eigenvalue weighted by Crippen LogP contribution is -2.30. The quantitative estimate of drug-likeness (QED) is 0.838. The van der Waals surface area contributed by atoms with Gasteiger partial charge in [0.1, 0.15) is 5.75 Å². The summed E-state index contributed by atoms with van der Waals surface area (Å²) in [7, 11) is 1.64. The molecule has 0 bridgehead atoms. The van der Waals surface area contributed by atoms with E-state index < -0.39 is 0 Å². The van der Waals surface area contributed by atoms with E-state index in [2.05, 4.69) is 6.07 Å². The molecule has 0 aliphatic rings. The summed E-state index contributed by atoms with van der Waals surface area (Å²) < 4.78 is 0. The van der Waals surface area contributed by atoms with Gasteiger partial charge in [0.2, 0.25) is 0 Å². The highest BCUT2D eigenvalue weighted by Crippen LogP contribution is 2.13. The van der Waals surface area contributed by atoms with E-state index in [1.165, 1.54) is 17.0 Å². The minimum Gasteiger partial charge on any atom is -0.508 e. The maximum atomic E-state index is 11.9. The van der Waals surface area contributed by atoms with Gasteiger partial charge in [-0.15, -0.1) is 0 Å². The zero-order valence-electron chi connectivity index (χ0n) is 9.34. The van der Waals surface area contributed by atoms with E-state index >= 15 is 0 Å². The van der Waals surface area contributed by atoms with Crippen molar-refractivity contribution in [1.29, 1.82) is 5.26 Å². The van der Waals surface area contributed by atoms with Crippen LogP contribution in [0.1, 0.15) is 17.3 Å². The second-order valence-electron chi connectivity index (χ2n) is 3.77. The Morgan fingerprint density at radius 1 is 1.62 bits per heavy atom. The summed E-state index contributed by atoms with van der Waals surface area (Å²) in [6, 6.07) is 8.24. The molecule has 0 heterocycles. The molecule has 4 nitrogen and oxygen atoms in total. The van der Waals surface area contributed by atoms with E-state index in [0.717, 1.165) is 0 Å². The van der Waals surface area contributed by atoms with Crippen LogP contribution in [0.25, 0.3) is 0 Å². The number of amides is 1. The van der Waals surface area contributed by atoms with Gasteiger partial charge in [0.25, 0.3) is 5.91 Å². The van der Waals surface area contributed by atoms with Crippen molar-refractivity contribution < 1.29 is 9.90 Å². The molecular formula is C12H14N2O2. The molecule has 1 rings (SSSR count). The van der Waals surface area contributed by atoms with E-state index in [-0.39, 0.29) is 17.6 Å². The van der Waals surface area contributed by atoms with Crippen LogP contribution in [0.4, 0.5) is 0 Å². The van der Waals surface area contributed by atoms with Crippen LogP contribution in [-0.2, 0) is 0 Å². The van der Waals surface area contributed by atoms with Gasteiger partial charge in [-0.2, -0.15) is 5.26 Å². The monoisotopic (exact) mass is 218 g/mol. The second-order valence-corrected chi connectivity index (χ2v) is 3.77. The first-order chi connectivity index (χ1) is 7.54. The fourth-order valence-corrected chi connectivity index (χ4v) is 1.39. The fourth-order valence-electron chi connectivity index (χ4n) is 1.39. The number of hydrogen-bond acceptors (Lipinski definition) is 3. The Labute approximate surface area is 94.7 Å². The summed E-state index contributed by atoms with van der Waals surface area (Å²) in [5, 5.41) is 17.9. The van der Waals surface area contributed by atoms with Gasteiger partial charge in [-0.1, -0.05) is 6.07 Å². The zero-order chi connectivity index (χ0) is 12.1. The molecule has 16 heavy (non-hydrogen) atoms. The highest BCUT2D eigenvalue weighted by atomic mass is 16.3. The van der Waals surface area contributed by atoms with Crippen molar-refractivity contribution in [1.82, 2.24) is 4.90 Å². The minimum absolute atomic E-state index is 0.0626. The highest BCUT2D eigenvalue weighted by molar-refractivity contribution is 5.94. The summed E-state index contributed by atoms with van der Waals surface area (Å²) in [5.41, 5.74) is 0.424. The van der Waals surface area contributed by atoms with Crippen molar-refractivity contribution in [2.24, 2.45) is 5.92 Å². The number of benzene rings is 1. The maximum Gasteiger partial charge on any atom is 0.253 e. The van der Waals surface area contributed by atoms with Crippen LogP contribution in [0.2, 0.25) is 0 Å². The van der Waals surface area contributed by atoms with Gasteiger partial charge in [-0.25, -0.2) is 0 Å². The number of rotatable bonds is 3. The Kier molecular flexibility index (Phi) is 3.90. The topological polar surface area (TPSA) is 64.3 Å². The lowest BCUT2D eigenvalue weighted by atomic mass is 10.1. The molecule has 1 aromatic rings. The summed E-state index contributed by atoms with van der Waals surface area (Å²) in [5.74, 6) is -0.336. The van der Waals surface area contributed by atoms with Crippen LogP contribution in [-0.4, -0.2) is 29.5 Å². The number of nitrogens with zero attached hydrogens (tertiary/aromatic N) is 2. The van der Waals surface area contributed by atoms with Gasteiger partial charge in [0, 0.05) is 19.2 Å². The smallest absolute Gasteiger partial charge is 0.253 e. The maximum absolute atomic E-state index is 11.9. The number of phenolic OH excluding ortho intramolecular Hbond substituents is 1. The van der Waals surface area contributed by atoms with Crippen molar-refractivity contribution in [2.75, 3.05) is 13.6 Å². The molecule has 1 N–H and O–H groups in total. The third kappa shape index (κ3) is 2.99. The largest absolute Gasteiger partial charge is 0.508 e. The van der Waals surface area contributed by atoms with Crippen LogP contribution in [0, 0.1) is 17.2 Å². The highest BCUT2D eigenvalue weighted by Gasteiger charge is 2.14. The number of phenols is 1. The molecule has 0 aliphatic heterocycles. The number of aromatic hydroxyl groups is 1. The number of nitriles is 1. The first-order valence-corrected chi connectivity index (χ1v) is 4.98. The summed E-state index contributed by atoms with van der Waals surface area (Å²) in [6.07, 6.45) is 0. The van der Waals surface area contributed by atoms with E-state index in [1.54, 1.807) is 26.1 Å². The first kappa shape index (κ1) is 12.1. The van der Waals surface area contributed by atoms with Crippen LogP contribution in [0.15, 0.2) is 24.3 Å². The molecular weight excluding hydrogens is 204 g/mol. The molecule has 1 aromatic carbocycles. The van der Waals surface area contributed by atoms with Gasteiger partial charge in [0.05, 0.1) is 12.0 Å². The van der Waals surface area contributed by atoms with Crippen LogP contribution < -0.4 is 0 Å². The Balaban J connectivity index is 2.75. The fraction of sp³-hybridized carbons (Fsp3) is 0.333. The predicted molar refractivity (Wildman–Crippen MR) is 59.8 cm³/mol. The van der Waals surface area contributed by atoms with Crippen molar-refractivity contribution in [2.45, 2.75) is 6.92 Å². The van der Waals surface area contributed by atoms with Gasteiger partial charge >= 0.3 is 0 Å². The van der Waals surface area contributed by atoms with Crippen molar-refractivity contribution >= 4 is 5.91 Å². The van der Waals surface area contributed by atoms with Crippen molar-refractivity contribution in [3.05, 3.63) is 29.8 Å². The van der Waals surface area contributed by atoms with Gasteiger partial charge in [-0.3, -0.25) is 4.79 Å². The van der Waals surface area contributed by atoms with E-state index in [0.29, 0.717) is 12.1 Å². The SMILES string of the molecule is CC(C#N)CN(C)C(=O)c1cccc(O)c1. The summed E-state index contributed by atoms with van der Waals surface area (Å²) in [6.45, 7) is 2.14. The summed E-state index contributed by atoms with van der Waals surface area (Å²) >= 11 is 0. The van der Waals surface area contributed by atoms with E-state index in [9.17, 15) is 9.90 Å². The van der Waals surface area contributed by atoms with Gasteiger partial charge in [-0.05, 0) is 25.1 Å². The Bertz CT molecular complexity index is 423. The molecule has 0 saturated heterocycles. The molecule has 0 fully saturated rings. The lowest BCUT2D eigenvalue weighted by molar-refractivity contribution is 0.0784. The first-order valence-electron chi connectivity index (χ1n) is 4.98. The third-order valence-electron chi connectivity index (χ3n) is 2.21. The Morgan fingerprint density at radius 2 is 2.31 bits per heavy atom. The third-order valence-corrected chi connectivity index (χ3v) is 2.21. The zero-order valence-corrected chi connectivity index (χ0v) is 9.34. The van der Waals surface area contributed by atoms with Crippen LogP contribution in [0.3, 0.4) is 0 Å². The molecule has 84 valence electrons. The Morgan fingerprint density at radius 3 is 2.88 bits per heavy atom. The summed E-state index contributed by atoms with van der Waals surface area (Å²) in [4.78, 5) is 13.3. The molecule has 0 aliphatic carbocycles. The van der Waals surface area contributed by atoms with Crippen molar-refractivity contribution in [3.63, 3.8) is 0 Å². The van der Waals surface area contributed by atoms with E-state index in [4.69, 9.17) is 5.26 Å². The molecule has 0 aromatic heterocycles. The molecule has 0 spiro atoms.